The zero-order chi connectivity index (χ0) is 10.9. The maximum atomic E-state index is 9.85. The minimum atomic E-state index is -0.551. The van der Waals surface area contributed by atoms with Crippen LogP contribution in [0.15, 0.2) is 0 Å². The molecule has 1 heteroatoms. The molecule has 0 heterocycles. The lowest BCUT2D eigenvalue weighted by atomic mass is 9.75. The van der Waals surface area contributed by atoms with Gasteiger partial charge in [-0.25, -0.2) is 0 Å². The van der Waals surface area contributed by atoms with Crippen molar-refractivity contribution in [2.75, 3.05) is 0 Å². The molecule has 80 valence electrons. The summed E-state index contributed by atoms with van der Waals surface area (Å²) in [5.74, 6) is 0.923. The first kappa shape index (κ1) is 13.0. The maximum absolute atomic E-state index is 9.85. The second kappa shape index (κ2) is 4.00. The Morgan fingerprint density at radius 1 is 1.00 bits per heavy atom. The summed E-state index contributed by atoms with van der Waals surface area (Å²) in [4.78, 5) is 0. The fraction of sp³-hybridized carbons (Fsp3) is 1.00. The molecule has 0 fully saturated rings. The third kappa shape index (κ3) is 5.30. The fourth-order valence-corrected chi connectivity index (χ4v) is 1.84. The van der Waals surface area contributed by atoms with Crippen molar-refractivity contribution in [3.63, 3.8) is 0 Å². The fourth-order valence-electron chi connectivity index (χ4n) is 1.84. The van der Waals surface area contributed by atoms with Crippen molar-refractivity contribution < 1.29 is 5.11 Å². The van der Waals surface area contributed by atoms with Crippen LogP contribution in [0, 0.1) is 17.3 Å². The molecule has 0 spiro atoms. The molecule has 0 aromatic rings. The molecule has 0 saturated heterocycles. The molecule has 1 N–H and O–H groups in total. The van der Waals surface area contributed by atoms with Crippen LogP contribution < -0.4 is 0 Å². The largest absolute Gasteiger partial charge is 0.390 e. The van der Waals surface area contributed by atoms with E-state index in [4.69, 9.17) is 0 Å². The van der Waals surface area contributed by atoms with Gasteiger partial charge in [0, 0.05) is 0 Å². The molecule has 0 aliphatic rings. The quantitative estimate of drug-likeness (QED) is 0.715. The number of rotatable bonds is 3. The number of hydrogen-bond donors (Lipinski definition) is 1. The van der Waals surface area contributed by atoms with Crippen molar-refractivity contribution in [3.05, 3.63) is 0 Å². The van der Waals surface area contributed by atoms with Gasteiger partial charge in [-0.15, -0.1) is 0 Å². The summed E-state index contributed by atoms with van der Waals surface area (Å²) in [5, 5.41) is 9.85. The highest BCUT2D eigenvalue weighted by Gasteiger charge is 2.29. The minimum absolute atomic E-state index is 0.353. The molecule has 0 aliphatic heterocycles. The molecule has 1 nitrogen and oxygen atoms in total. The highest BCUT2D eigenvalue weighted by Crippen LogP contribution is 2.33. The van der Waals surface area contributed by atoms with Crippen molar-refractivity contribution in [1.82, 2.24) is 0 Å². The third-order valence-corrected chi connectivity index (χ3v) is 2.90. The van der Waals surface area contributed by atoms with Gasteiger partial charge in [-0.2, -0.15) is 0 Å². The van der Waals surface area contributed by atoms with E-state index in [9.17, 15) is 5.11 Å². The standard InChI is InChI=1S/C12H26O/c1-9(8-11(3,4)5)10(2)12(6,7)13/h9-10,13H,8H2,1-7H3. The normalized spacial score (nSPS) is 18.5. The SMILES string of the molecule is CC(CC(C)(C)C)C(C)C(C)(C)O. The molecule has 13 heavy (non-hydrogen) atoms. The first-order valence-electron chi connectivity index (χ1n) is 5.26. The Morgan fingerprint density at radius 3 is 1.62 bits per heavy atom. The van der Waals surface area contributed by atoms with E-state index in [0.717, 1.165) is 6.42 Å². The Bertz CT molecular complexity index is 147. The molecule has 2 unspecified atom stereocenters. The molecule has 0 amide bonds. The second-order valence-corrected chi connectivity index (χ2v) is 6.18. The maximum Gasteiger partial charge on any atom is 0.0619 e. The highest BCUT2D eigenvalue weighted by atomic mass is 16.3. The molecule has 0 rings (SSSR count). The zero-order valence-corrected chi connectivity index (χ0v) is 10.3. The van der Waals surface area contributed by atoms with E-state index in [-0.39, 0.29) is 0 Å². The lowest BCUT2D eigenvalue weighted by Crippen LogP contribution is -2.34. The van der Waals surface area contributed by atoms with Gasteiger partial charge in [-0.3, -0.25) is 0 Å². The van der Waals surface area contributed by atoms with E-state index in [1.807, 2.05) is 13.8 Å². The van der Waals surface area contributed by atoms with E-state index < -0.39 is 5.60 Å². The van der Waals surface area contributed by atoms with Crippen molar-refractivity contribution in [3.8, 4) is 0 Å². The Kier molecular flexibility index (Phi) is 3.98. The van der Waals surface area contributed by atoms with Crippen LogP contribution in [-0.4, -0.2) is 10.7 Å². The lowest BCUT2D eigenvalue weighted by molar-refractivity contribution is -0.00569. The molecular weight excluding hydrogens is 160 g/mol. The zero-order valence-electron chi connectivity index (χ0n) is 10.3. The van der Waals surface area contributed by atoms with Crippen molar-refractivity contribution in [2.45, 2.75) is 60.5 Å². The Balaban J connectivity index is 4.20. The van der Waals surface area contributed by atoms with Gasteiger partial charge in [0.05, 0.1) is 5.60 Å². The summed E-state index contributed by atoms with van der Waals surface area (Å²) >= 11 is 0. The molecule has 0 aromatic heterocycles. The van der Waals surface area contributed by atoms with E-state index in [1.54, 1.807) is 0 Å². The van der Waals surface area contributed by atoms with Gasteiger partial charge < -0.3 is 5.11 Å². The summed E-state index contributed by atoms with van der Waals surface area (Å²) in [6.07, 6.45) is 1.16. The van der Waals surface area contributed by atoms with Gasteiger partial charge in [0.25, 0.3) is 0 Å². The Hall–Kier alpha value is -0.0400. The average Bonchev–Trinajstić information content (AvgIpc) is 1.79. The first-order chi connectivity index (χ1) is 5.54. The monoisotopic (exact) mass is 186 g/mol. The van der Waals surface area contributed by atoms with Crippen LogP contribution in [0.5, 0.6) is 0 Å². The predicted octanol–water partition coefficient (Wildman–Crippen LogP) is 3.47. The smallest absolute Gasteiger partial charge is 0.0619 e. The van der Waals surface area contributed by atoms with E-state index in [2.05, 4.69) is 34.6 Å². The van der Waals surface area contributed by atoms with E-state index in [1.165, 1.54) is 0 Å². The molecule has 2 atom stereocenters. The van der Waals surface area contributed by atoms with Crippen molar-refractivity contribution in [2.24, 2.45) is 17.3 Å². The molecule has 0 radical (unpaired) electrons. The Labute approximate surface area is 83.5 Å². The van der Waals surface area contributed by atoms with Gasteiger partial charge in [0.2, 0.25) is 0 Å². The van der Waals surface area contributed by atoms with Gasteiger partial charge >= 0.3 is 0 Å². The third-order valence-electron chi connectivity index (χ3n) is 2.90. The second-order valence-electron chi connectivity index (χ2n) is 6.18. The topological polar surface area (TPSA) is 20.2 Å². The molecule has 0 aliphatic carbocycles. The summed E-state index contributed by atoms with van der Waals surface area (Å²) in [5.41, 5.74) is -0.191. The number of aliphatic hydroxyl groups is 1. The molecule has 0 aromatic carbocycles. The van der Waals surface area contributed by atoms with Gasteiger partial charge in [0.1, 0.15) is 0 Å². The van der Waals surface area contributed by atoms with Crippen LogP contribution in [0.2, 0.25) is 0 Å². The molecule has 0 saturated carbocycles. The molecular formula is C12H26O. The van der Waals surface area contributed by atoms with E-state index >= 15 is 0 Å². The average molecular weight is 186 g/mol. The highest BCUT2D eigenvalue weighted by molar-refractivity contribution is 4.80. The van der Waals surface area contributed by atoms with Crippen LogP contribution in [0.3, 0.4) is 0 Å². The van der Waals surface area contributed by atoms with Crippen LogP contribution in [0.1, 0.15) is 54.9 Å². The molecule has 0 bridgehead atoms. The summed E-state index contributed by atoms with van der Waals surface area (Å²) in [7, 11) is 0. The van der Waals surface area contributed by atoms with Crippen LogP contribution in [-0.2, 0) is 0 Å². The van der Waals surface area contributed by atoms with Crippen LogP contribution >= 0.6 is 0 Å². The lowest BCUT2D eigenvalue weighted by Gasteiger charge is -2.34. The number of hydrogen-bond acceptors (Lipinski definition) is 1. The minimum Gasteiger partial charge on any atom is -0.390 e. The van der Waals surface area contributed by atoms with Crippen molar-refractivity contribution in [1.29, 1.82) is 0 Å². The summed E-state index contributed by atoms with van der Waals surface area (Å²) < 4.78 is 0. The van der Waals surface area contributed by atoms with Gasteiger partial charge in [-0.05, 0) is 37.5 Å². The summed E-state index contributed by atoms with van der Waals surface area (Å²) in [6, 6.07) is 0. The predicted molar refractivity (Wildman–Crippen MR) is 58.7 cm³/mol. The first-order valence-corrected chi connectivity index (χ1v) is 5.26. The Morgan fingerprint density at radius 2 is 1.38 bits per heavy atom. The van der Waals surface area contributed by atoms with Crippen LogP contribution in [0.25, 0.3) is 0 Å². The van der Waals surface area contributed by atoms with Crippen LogP contribution in [0.4, 0.5) is 0 Å². The van der Waals surface area contributed by atoms with Gasteiger partial charge in [-0.1, -0.05) is 34.6 Å². The van der Waals surface area contributed by atoms with E-state index in [0.29, 0.717) is 17.3 Å². The van der Waals surface area contributed by atoms with Crippen molar-refractivity contribution >= 4 is 0 Å². The summed E-state index contributed by atoms with van der Waals surface area (Å²) in [6.45, 7) is 14.9. The van der Waals surface area contributed by atoms with Gasteiger partial charge in [0.15, 0.2) is 0 Å².